The summed E-state index contributed by atoms with van der Waals surface area (Å²) in [7, 11) is 0. The molecule has 0 aliphatic heterocycles. The average Bonchev–Trinajstić information content (AvgIpc) is 2.29. The molecule has 1 aromatic carbocycles. The van der Waals surface area contributed by atoms with Gasteiger partial charge in [-0.15, -0.1) is 0 Å². The molecule has 0 bridgehead atoms. The first kappa shape index (κ1) is 11.1. The molecule has 0 saturated carbocycles. The summed E-state index contributed by atoms with van der Waals surface area (Å²) in [5, 5.41) is 8.79. The zero-order valence-corrected chi connectivity index (χ0v) is 8.72. The second-order valence-corrected chi connectivity index (χ2v) is 3.41. The highest BCUT2D eigenvalue weighted by molar-refractivity contribution is 5.93. The Kier molecular flexibility index (Phi) is 2.74. The molecule has 0 fully saturated rings. The van der Waals surface area contributed by atoms with Gasteiger partial charge in [-0.25, -0.2) is 14.2 Å². The Morgan fingerprint density at radius 2 is 1.94 bits per heavy atom. The van der Waals surface area contributed by atoms with E-state index < -0.39 is 11.8 Å². The van der Waals surface area contributed by atoms with Crippen molar-refractivity contribution in [3.8, 4) is 11.3 Å². The summed E-state index contributed by atoms with van der Waals surface area (Å²) in [6.07, 6.45) is 0. The first-order chi connectivity index (χ1) is 8.09. The predicted octanol–water partition coefficient (Wildman–Crippen LogP) is 2.17. The van der Waals surface area contributed by atoms with Crippen LogP contribution in [0.5, 0.6) is 0 Å². The molecule has 86 valence electrons. The predicted molar refractivity (Wildman–Crippen MR) is 61.0 cm³/mol. The lowest BCUT2D eigenvalue weighted by molar-refractivity contribution is 0.0697. The molecule has 4 nitrogen and oxygen atoms in total. The minimum atomic E-state index is -1.16. The molecule has 2 rings (SSSR count). The minimum Gasteiger partial charge on any atom is -0.478 e. The number of rotatable bonds is 2. The van der Waals surface area contributed by atoms with Crippen molar-refractivity contribution in [2.24, 2.45) is 0 Å². The highest BCUT2D eigenvalue weighted by Crippen LogP contribution is 2.22. The van der Waals surface area contributed by atoms with Crippen molar-refractivity contribution in [2.75, 3.05) is 5.73 Å². The van der Waals surface area contributed by atoms with Gasteiger partial charge in [-0.05, 0) is 24.3 Å². The number of carbonyl (C=O) groups is 1. The normalized spacial score (nSPS) is 10.2. The molecule has 0 unspecified atom stereocenters. The summed E-state index contributed by atoms with van der Waals surface area (Å²) in [5.74, 6) is -1.71. The number of nitrogens with two attached hydrogens (primary N) is 1. The largest absolute Gasteiger partial charge is 0.478 e. The average molecular weight is 232 g/mol. The molecule has 0 radical (unpaired) electrons. The fraction of sp³-hybridized carbons (Fsp3) is 0. The van der Waals surface area contributed by atoms with Crippen LogP contribution in [-0.4, -0.2) is 16.1 Å². The van der Waals surface area contributed by atoms with Gasteiger partial charge in [-0.1, -0.05) is 12.1 Å². The molecule has 0 saturated heterocycles. The third kappa shape index (κ3) is 2.08. The number of nitrogens with zero attached hydrogens (tertiary/aromatic N) is 1. The Morgan fingerprint density at radius 1 is 1.24 bits per heavy atom. The number of carboxylic acids is 1. The minimum absolute atomic E-state index is 0.0925. The van der Waals surface area contributed by atoms with Gasteiger partial charge in [0, 0.05) is 5.56 Å². The van der Waals surface area contributed by atoms with E-state index in [-0.39, 0.29) is 16.9 Å². The van der Waals surface area contributed by atoms with Crippen molar-refractivity contribution >= 4 is 11.8 Å². The molecule has 0 spiro atoms. The van der Waals surface area contributed by atoms with E-state index in [4.69, 9.17) is 10.8 Å². The second-order valence-electron chi connectivity index (χ2n) is 3.41. The van der Waals surface area contributed by atoms with Gasteiger partial charge in [0.25, 0.3) is 0 Å². The topological polar surface area (TPSA) is 76.2 Å². The summed E-state index contributed by atoms with van der Waals surface area (Å²) in [6, 6.07) is 8.83. The van der Waals surface area contributed by atoms with Crippen LogP contribution in [0.15, 0.2) is 36.4 Å². The van der Waals surface area contributed by atoms with Crippen LogP contribution in [0.2, 0.25) is 0 Å². The van der Waals surface area contributed by atoms with Crippen LogP contribution in [0, 0.1) is 5.82 Å². The third-order valence-corrected chi connectivity index (χ3v) is 2.30. The molecule has 2 aromatic rings. The van der Waals surface area contributed by atoms with E-state index in [0.717, 1.165) is 0 Å². The molecular formula is C12H9FN2O2. The van der Waals surface area contributed by atoms with Gasteiger partial charge in [0.1, 0.15) is 17.2 Å². The summed E-state index contributed by atoms with van der Waals surface area (Å²) in [6.45, 7) is 0. The van der Waals surface area contributed by atoms with Gasteiger partial charge in [0.15, 0.2) is 0 Å². The zero-order chi connectivity index (χ0) is 12.4. The van der Waals surface area contributed by atoms with Gasteiger partial charge < -0.3 is 10.8 Å². The summed E-state index contributed by atoms with van der Waals surface area (Å²) in [5.41, 5.74) is 6.00. The van der Waals surface area contributed by atoms with Crippen molar-refractivity contribution in [1.29, 1.82) is 0 Å². The zero-order valence-electron chi connectivity index (χ0n) is 8.72. The number of pyridine rings is 1. The maximum absolute atomic E-state index is 13.5. The van der Waals surface area contributed by atoms with Gasteiger partial charge >= 0.3 is 5.97 Å². The highest BCUT2D eigenvalue weighted by Gasteiger charge is 2.12. The number of anilines is 1. The molecule has 1 heterocycles. The van der Waals surface area contributed by atoms with E-state index in [0.29, 0.717) is 5.69 Å². The quantitative estimate of drug-likeness (QED) is 0.831. The first-order valence-corrected chi connectivity index (χ1v) is 4.84. The van der Waals surface area contributed by atoms with Crippen LogP contribution in [0.3, 0.4) is 0 Å². The van der Waals surface area contributed by atoms with Gasteiger partial charge in [0.05, 0.1) is 5.69 Å². The van der Waals surface area contributed by atoms with E-state index >= 15 is 0 Å². The SMILES string of the molecule is Nc1nc(-c2ccccc2F)ccc1C(=O)O. The Bertz CT molecular complexity index is 584. The Balaban J connectivity index is 2.52. The number of carboxylic acid groups (broad SMARTS) is 1. The number of aromatic carboxylic acids is 1. The van der Waals surface area contributed by atoms with Crippen LogP contribution < -0.4 is 5.73 Å². The van der Waals surface area contributed by atoms with Crippen LogP contribution in [-0.2, 0) is 0 Å². The number of benzene rings is 1. The Hall–Kier alpha value is -2.43. The lowest BCUT2D eigenvalue weighted by Crippen LogP contribution is -2.05. The monoisotopic (exact) mass is 232 g/mol. The molecule has 17 heavy (non-hydrogen) atoms. The van der Waals surface area contributed by atoms with E-state index in [9.17, 15) is 9.18 Å². The first-order valence-electron chi connectivity index (χ1n) is 4.84. The van der Waals surface area contributed by atoms with Crippen LogP contribution in [0.1, 0.15) is 10.4 Å². The smallest absolute Gasteiger partial charge is 0.339 e. The summed E-state index contributed by atoms with van der Waals surface area (Å²) in [4.78, 5) is 14.6. The number of nitrogen functional groups attached to an aromatic ring is 1. The summed E-state index contributed by atoms with van der Waals surface area (Å²) >= 11 is 0. The Morgan fingerprint density at radius 3 is 2.53 bits per heavy atom. The standard InChI is InChI=1S/C12H9FN2O2/c13-9-4-2-1-3-7(9)10-6-5-8(12(16)17)11(14)15-10/h1-6H,(H2,14,15)(H,16,17). The van der Waals surface area contributed by atoms with E-state index in [1.807, 2.05) is 0 Å². The van der Waals surface area contributed by atoms with Crippen molar-refractivity contribution in [3.63, 3.8) is 0 Å². The Labute approximate surface area is 96.5 Å². The molecule has 0 aliphatic carbocycles. The maximum atomic E-state index is 13.5. The molecule has 0 atom stereocenters. The van der Waals surface area contributed by atoms with E-state index in [1.54, 1.807) is 18.2 Å². The van der Waals surface area contributed by atoms with E-state index in [1.165, 1.54) is 18.2 Å². The van der Waals surface area contributed by atoms with Gasteiger partial charge in [0.2, 0.25) is 0 Å². The molecule has 5 heteroatoms. The van der Waals surface area contributed by atoms with E-state index in [2.05, 4.69) is 4.98 Å². The van der Waals surface area contributed by atoms with Crippen molar-refractivity contribution in [3.05, 3.63) is 47.8 Å². The van der Waals surface area contributed by atoms with Crippen molar-refractivity contribution in [2.45, 2.75) is 0 Å². The second kappa shape index (κ2) is 4.21. The van der Waals surface area contributed by atoms with Gasteiger partial charge in [-0.3, -0.25) is 0 Å². The maximum Gasteiger partial charge on any atom is 0.339 e. The molecule has 3 N–H and O–H groups in total. The molecule has 0 aliphatic rings. The van der Waals surface area contributed by atoms with Gasteiger partial charge in [-0.2, -0.15) is 0 Å². The lowest BCUT2D eigenvalue weighted by atomic mass is 10.1. The summed E-state index contributed by atoms with van der Waals surface area (Å²) < 4.78 is 13.5. The highest BCUT2D eigenvalue weighted by atomic mass is 19.1. The molecule has 0 amide bonds. The third-order valence-electron chi connectivity index (χ3n) is 2.30. The van der Waals surface area contributed by atoms with Crippen LogP contribution in [0.25, 0.3) is 11.3 Å². The fourth-order valence-corrected chi connectivity index (χ4v) is 1.47. The fourth-order valence-electron chi connectivity index (χ4n) is 1.47. The molecular weight excluding hydrogens is 223 g/mol. The van der Waals surface area contributed by atoms with Crippen LogP contribution in [0.4, 0.5) is 10.2 Å². The number of hydrogen-bond donors (Lipinski definition) is 2. The van der Waals surface area contributed by atoms with Crippen LogP contribution >= 0.6 is 0 Å². The number of aromatic nitrogens is 1. The van der Waals surface area contributed by atoms with Crippen molar-refractivity contribution in [1.82, 2.24) is 4.98 Å². The molecule has 1 aromatic heterocycles. The van der Waals surface area contributed by atoms with Crippen molar-refractivity contribution < 1.29 is 14.3 Å². The number of halogens is 1. The number of hydrogen-bond acceptors (Lipinski definition) is 3. The lowest BCUT2D eigenvalue weighted by Gasteiger charge is -2.05.